The number of rotatable bonds is 5. The molecule has 2 aromatic rings. The van der Waals surface area contributed by atoms with E-state index in [0.717, 1.165) is 11.3 Å². The highest BCUT2D eigenvalue weighted by Gasteiger charge is 2.14. The van der Waals surface area contributed by atoms with E-state index in [1.54, 1.807) is 0 Å². The second kappa shape index (κ2) is 7.04. The van der Waals surface area contributed by atoms with Crippen molar-refractivity contribution in [3.05, 3.63) is 65.7 Å². The SMILES string of the molecule is CC(C)c1ccc(NC(=O)C(N)Cc2ccccc2)cc1. The summed E-state index contributed by atoms with van der Waals surface area (Å²) in [6, 6.07) is 17.2. The Morgan fingerprint density at radius 3 is 2.24 bits per heavy atom. The molecule has 2 rings (SSSR count). The highest BCUT2D eigenvalue weighted by Crippen LogP contribution is 2.17. The molecule has 1 unspecified atom stereocenters. The summed E-state index contributed by atoms with van der Waals surface area (Å²) in [5.74, 6) is 0.325. The third-order valence-corrected chi connectivity index (χ3v) is 3.48. The van der Waals surface area contributed by atoms with Crippen molar-refractivity contribution in [3.8, 4) is 0 Å². The Hall–Kier alpha value is -2.13. The van der Waals surface area contributed by atoms with E-state index >= 15 is 0 Å². The Morgan fingerprint density at radius 1 is 1.05 bits per heavy atom. The Kier molecular flexibility index (Phi) is 5.12. The first-order valence-corrected chi connectivity index (χ1v) is 7.26. The van der Waals surface area contributed by atoms with Gasteiger partial charge in [-0.15, -0.1) is 0 Å². The van der Waals surface area contributed by atoms with Crippen LogP contribution in [-0.2, 0) is 11.2 Å². The Morgan fingerprint density at radius 2 is 1.67 bits per heavy atom. The number of hydrogen-bond acceptors (Lipinski definition) is 2. The van der Waals surface area contributed by atoms with Gasteiger partial charge in [0, 0.05) is 5.69 Å². The number of benzene rings is 2. The van der Waals surface area contributed by atoms with Crippen molar-refractivity contribution in [2.45, 2.75) is 32.2 Å². The third kappa shape index (κ3) is 4.43. The minimum Gasteiger partial charge on any atom is -0.325 e. The average Bonchev–Trinajstić information content (AvgIpc) is 2.48. The van der Waals surface area contributed by atoms with E-state index in [1.807, 2.05) is 54.6 Å². The summed E-state index contributed by atoms with van der Waals surface area (Å²) < 4.78 is 0. The molecule has 3 N–H and O–H groups in total. The maximum atomic E-state index is 12.1. The molecule has 3 nitrogen and oxygen atoms in total. The Labute approximate surface area is 126 Å². The number of nitrogens with two attached hydrogens (primary N) is 1. The van der Waals surface area contributed by atoms with Gasteiger partial charge in [-0.3, -0.25) is 4.79 Å². The molecule has 0 aromatic heterocycles. The summed E-state index contributed by atoms with van der Waals surface area (Å²) in [5.41, 5.74) is 9.06. The molecule has 110 valence electrons. The summed E-state index contributed by atoms with van der Waals surface area (Å²) >= 11 is 0. The zero-order chi connectivity index (χ0) is 15.2. The van der Waals surface area contributed by atoms with Crippen molar-refractivity contribution in [1.82, 2.24) is 0 Å². The van der Waals surface area contributed by atoms with Gasteiger partial charge in [0.2, 0.25) is 5.91 Å². The van der Waals surface area contributed by atoms with Crippen molar-refractivity contribution in [1.29, 1.82) is 0 Å². The highest BCUT2D eigenvalue weighted by molar-refractivity contribution is 5.94. The van der Waals surface area contributed by atoms with Crippen LogP contribution in [0.3, 0.4) is 0 Å². The van der Waals surface area contributed by atoms with Gasteiger partial charge >= 0.3 is 0 Å². The molecule has 1 atom stereocenters. The summed E-state index contributed by atoms with van der Waals surface area (Å²) in [7, 11) is 0. The van der Waals surface area contributed by atoms with Crippen LogP contribution in [0.2, 0.25) is 0 Å². The fourth-order valence-electron chi connectivity index (χ4n) is 2.15. The zero-order valence-electron chi connectivity index (χ0n) is 12.5. The van der Waals surface area contributed by atoms with Gasteiger partial charge in [0.15, 0.2) is 0 Å². The fraction of sp³-hybridized carbons (Fsp3) is 0.278. The standard InChI is InChI=1S/C18H22N2O/c1-13(2)15-8-10-16(11-9-15)20-18(21)17(19)12-14-6-4-3-5-7-14/h3-11,13,17H,12,19H2,1-2H3,(H,20,21). The number of anilines is 1. The summed E-state index contributed by atoms with van der Waals surface area (Å²) in [6.45, 7) is 4.28. The van der Waals surface area contributed by atoms with Crippen LogP contribution >= 0.6 is 0 Å². The smallest absolute Gasteiger partial charge is 0.241 e. The van der Waals surface area contributed by atoms with Gasteiger partial charge in [0.25, 0.3) is 0 Å². The highest BCUT2D eigenvalue weighted by atomic mass is 16.2. The van der Waals surface area contributed by atoms with Crippen molar-refractivity contribution >= 4 is 11.6 Å². The predicted molar refractivity (Wildman–Crippen MR) is 87.3 cm³/mol. The number of hydrogen-bond donors (Lipinski definition) is 2. The quantitative estimate of drug-likeness (QED) is 0.884. The van der Waals surface area contributed by atoms with Gasteiger partial charge in [-0.25, -0.2) is 0 Å². The van der Waals surface area contributed by atoms with Crippen LogP contribution in [0.4, 0.5) is 5.69 Å². The van der Waals surface area contributed by atoms with Gasteiger partial charge in [0.1, 0.15) is 0 Å². The molecule has 0 bridgehead atoms. The zero-order valence-corrected chi connectivity index (χ0v) is 12.5. The second-order valence-electron chi connectivity index (χ2n) is 5.56. The number of carbonyl (C=O) groups is 1. The van der Waals surface area contributed by atoms with Crippen molar-refractivity contribution in [2.24, 2.45) is 5.73 Å². The minimum atomic E-state index is -0.544. The molecule has 1 amide bonds. The summed E-state index contributed by atoms with van der Waals surface area (Å²) in [5, 5.41) is 2.86. The first kappa shape index (κ1) is 15.3. The van der Waals surface area contributed by atoms with Crippen LogP contribution in [0.15, 0.2) is 54.6 Å². The topological polar surface area (TPSA) is 55.1 Å². The lowest BCUT2D eigenvalue weighted by molar-refractivity contribution is -0.117. The van der Waals surface area contributed by atoms with Crippen LogP contribution in [0, 0.1) is 0 Å². The van der Waals surface area contributed by atoms with Gasteiger partial charge in [-0.05, 0) is 35.6 Å². The summed E-state index contributed by atoms with van der Waals surface area (Å²) in [4.78, 5) is 12.1. The molecule has 0 aliphatic heterocycles. The fourth-order valence-corrected chi connectivity index (χ4v) is 2.15. The molecule has 0 heterocycles. The number of amides is 1. The Bertz CT molecular complexity index is 576. The molecule has 0 radical (unpaired) electrons. The van der Waals surface area contributed by atoms with Crippen molar-refractivity contribution < 1.29 is 4.79 Å². The van der Waals surface area contributed by atoms with E-state index in [4.69, 9.17) is 5.73 Å². The molecule has 0 saturated carbocycles. The molecule has 21 heavy (non-hydrogen) atoms. The van der Waals surface area contributed by atoms with E-state index in [9.17, 15) is 4.79 Å². The van der Waals surface area contributed by atoms with Gasteiger partial charge in [0.05, 0.1) is 6.04 Å². The van der Waals surface area contributed by atoms with Crippen LogP contribution in [0.1, 0.15) is 30.9 Å². The second-order valence-corrected chi connectivity index (χ2v) is 5.56. The molecule has 2 aromatic carbocycles. The lowest BCUT2D eigenvalue weighted by Gasteiger charge is -2.13. The van der Waals surface area contributed by atoms with Crippen molar-refractivity contribution in [2.75, 3.05) is 5.32 Å². The molecular weight excluding hydrogens is 260 g/mol. The number of nitrogens with one attached hydrogen (secondary N) is 1. The monoisotopic (exact) mass is 282 g/mol. The van der Waals surface area contributed by atoms with Crippen molar-refractivity contribution in [3.63, 3.8) is 0 Å². The molecule has 0 aliphatic carbocycles. The molecule has 0 fully saturated rings. The van der Waals surface area contributed by atoms with Gasteiger partial charge in [-0.2, -0.15) is 0 Å². The van der Waals surface area contributed by atoms with E-state index in [1.165, 1.54) is 5.56 Å². The predicted octanol–water partition coefficient (Wildman–Crippen LogP) is 3.32. The lowest BCUT2D eigenvalue weighted by Crippen LogP contribution is -2.37. The van der Waals surface area contributed by atoms with E-state index in [-0.39, 0.29) is 5.91 Å². The first-order chi connectivity index (χ1) is 10.1. The molecule has 0 aliphatic rings. The number of carbonyl (C=O) groups excluding carboxylic acids is 1. The average molecular weight is 282 g/mol. The van der Waals surface area contributed by atoms with Crippen LogP contribution in [0.25, 0.3) is 0 Å². The molecular formula is C18H22N2O. The first-order valence-electron chi connectivity index (χ1n) is 7.26. The largest absolute Gasteiger partial charge is 0.325 e. The molecule has 0 spiro atoms. The maximum absolute atomic E-state index is 12.1. The van der Waals surface area contributed by atoms with Gasteiger partial charge in [-0.1, -0.05) is 56.3 Å². The van der Waals surface area contributed by atoms with Crippen LogP contribution in [0.5, 0.6) is 0 Å². The van der Waals surface area contributed by atoms with E-state index in [2.05, 4.69) is 19.2 Å². The third-order valence-electron chi connectivity index (χ3n) is 3.48. The normalized spacial score (nSPS) is 12.2. The van der Waals surface area contributed by atoms with E-state index in [0.29, 0.717) is 12.3 Å². The Balaban J connectivity index is 1.94. The van der Waals surface area contributed by atoms with E-state index < -0.39 is 6.04 Å². The maximum Gasteiger partial charge on any atom is 0.241 e. The van der Waals surface area contributed by atoms with Crippen LogP contribution < -0.4 is 11.1 Å². The van der Waals surface area contributed by atoms with Gasteiger partial charge < -0.3 is 11.1 Å². The lowest BCUT2D eigenvalue weighted by atomic mass is 10.0. The molecule has 0 saturated heterocycles. The molecule has 3 heteroatoms. The minimum absolute atomic E-state index is 0.156. The van der Waals surface area contributed by atoms with Crippen LogP contribution in [-0.4, -0.2) is 11.9 Å². The summed E-state index contributed by atoms with van der Waals surface area (Å²) in [6.07, 6.45) is 0.538.